The molecule has 6 heteroatoms. The minimum absolute atomic E-state index is 0.209. The van der Waals surface area contributed by atoms with Crippen LogP contribution in [0.15, 0.2) is 36.4 Å². The highest BCUT2D eigenvalue weighted by Gasteiger charge is 2.21. The Balaban J connectivity index is 1.67. The van der Waals surface area contributed by atoms with Gasteiger partial charge in [-0.1, -0.05) is 12.1 Å². The zero-order valence-corrected chi connectivity index (χ0v) is 17.7. The SMILES string of the molecule is COc1cc(/C=C/C(=O)O[C@H](C)C(=O)c2ccc3c(c2)CCC3)cc(OC)c1OC. The first-order valence-electron chi connectivity index (χ1n) is 9.81. The molecule has 0 aromatic heterocycles. The topological polar surface area (TPSA) is 71.1 Å². The number of ether oxygens (including phenoxy) is 4. The van der Waals surface area contributed by atoms with Gasteiger partial charge in [0.15, 0.2) is 17.6 Å². The molecule has 0 radical (unpaired) electrons. The molecule has 0 bridgehead atoms. The molecule has 0 N–H and O–H groups in total. The summed E-state index contributed by atoms with van der Waals surface area (Å²) >= 11 is 0. The highest BCUT2D eigenvalue weighted by molar-refractivity contribution is 6.01. The largest absolute Gasteiger partial charge is 0.493 e. The Morgan fingerprint density at radius 2 is 1.60 bits per heavy atom. The van der Waals surface area contributed by atoms with Crippen molar-refractivity contribution in [2.45, 2.75) is 32.3 Å². The number of hydrogen-bond acceptors (Lipinski definition) is 6. The predicted octanol–water partition coefficient (Wildman–Crippen LogP) is 4.03. The predicted molar refractivity (Wildman–Crippen MR) is 113 cm³/mol. The van der Waals surface area contributed by atoms with E-state index in [1.54, 1.807) is 25.1 Å². The normalized spacial score (nSPS) is 13.6. The highest BCUT2D eigenvalue weighted by Crippen LogP contribution is 2.38. The molecule has 1 atom stereocenters. The Morgan fingerprint density at radius 1 is 0.933 bits per heavy atom. The van der Waals surface area contributed by atoms with Crippen LogP contribution in [-0.2, 0) is 22.4 Å². The van der Waals surface area contributed by atoms with Crippen LogP contribution in [0.1, 0.15) is 40.4 Å². The zero-order valence-electron chi connectivity index (χ0n) is 17.7. The van der Waals surface area contributed by atoms with Gasteiger partial charge >= 0.3 is 5.97 Å². The molecule has 158 valence electrons. The molecule has 1 aliphatic carbocycles. The van der Waals surface area contributed by atoms with Crippen molar-refractivity contribution in [3.63, 3.8) is 0 Å². The average molecular weight is 410 g/mol. The van der Waals surface area contributed by atoms with Gasteiger partial charge in [0.05, 0.1) is 21.3 Å². The van der Waals surface area contributed by atoms with Crippen LogP contribution in [0.5, 0.6) is 17.2 Å². The highest BCUT2D eigenvalue weighted by atomic mass is 16.5. The van der Waals surface area contributed by atoms with Crippen LogP contribution in [-0.4, -0.2) is 39.2 Å². The molecule has 0 saturated carbocycles. The summed E-state index contributed by atoms with van der Waals surface area (Å²) in [6.45, 7) is 1.58. The van der Waals surface area contributed by atoms with Crippen LogP contribution >= 0.6 is 0 Å². The van der Waals surface area contributed by atoms with E-state index in [1.165, 1.54) is 38.5 Å². The third-order valence-electron chi connectivity index (χ3n) is 5.14. The quantitative estimate of drug-likeness (QED) is 0.372. The van der Waals surface area contributed by atoms with Crippen molar-refractivity contribution in [1.82, 2.24) is 0 Å². The molecule has 2 aromatic carbocycles. The van der Waals surface area contributed by atoms with Crippen molar-refractivity contribution < 1.29 is 28.5 Å². The van der Waals surface area contributed by atoms with Crippen molar-refractivity contribution in [2.75, 3.05) is 21.3 Å². The van der Waals surface area contributed by atoms with Crippen LogP contribution in [0, 0.1) is 0 Å². The van der Waals surface area contributed by atoms with Gasteiger partial charge in [-0.05, 0) is 67.2 Å². The minimum Gasteiger partial charge on any atom is -0.493 e. The number of ketones is 1. The number of benzene rings is 2. The van der Waals surface area contributed by atoms with Gasteiger partial charge in [0, 0.05) is 11.6 Å². The van der Waals surface area contributed by atoms with Crippen LogP contribution in [0.25, 0.3) is 6.08 Å². The molecule has 0 fully saturated rings. The monoisotopic (exact) mass is 410 g/mol. The van der Waals surface area contributed by atoms with Crippen LogP contribution in [0.3, 0.4) is 0 Å². The number of fused-ring (bicyclic) bond motifs is 1. The van der Waals surface area contributed by atoms with Crippen molar-refractivity contribution >= 4 is 17.8 Å². The first-order valence-corrected chi connectivity index (χ1v) is 9.81. The van der Waals surface area contributed by atoms with Gasteiger partial charge in [0.2, 0.25) is 11.5 Å². The molecule has 0 aliphatic heterocycles. The number of aryl methyl sites for hydroxylation is 2. The average Bonchev–Trinajstić information content (AvgIpc) is 3.24. The lowest BCUT2D eigenvalue weighted by Crippen LogP contribution is -2.23. The van der Waals surface area contributed by atoms with Crippen molar-refractivity contribution in [3.8, 4) is 17.2 Å². The third-order valence-corrected chi connectivity index (χ3v) is 5.14. The maximum atomic E-state index is 12.6. The van der Waals surface area contributed by atoms with E-state index in [0.29, 0.717) is 28.4 Å². The van der Waals surface area contributed by atoms with E-state index < -0.39 is 12.1 Å². The summed E-state index contributed by atoms with van der Waals surface area (Å²) in [6.07, 6.45) is 5.12. The summed E-state index contributed by atoms with van der Waals surface area (Å²) in [5.74, 6) is 0.605. The molecule has 3 rings (SSSR count). The van der Waals surface area contributed by atoms with Gasteiger partial charge < -0.3 is 18.9 Å². The Morgan fingerprint density at radius 3 is 2.23 bits per heavy atom. The first-order chi connectivity index (χ1) is 14.5. The molecule has 30 heavy (non-hydrogen) atoms. The Hall–Kier alpha value is -3.28. The van der Waals surface area contributed by atoms with E-state index in [0.717, 1.165) is 19.3 Å². The van der Waals surface area contributed by atoms with E-state index in [2.05, 4.69) is 0 Å². The summed E-state index contributed by atoms with van der Waals surface area (Å²) in [5, 5.41) is 0. The maximum absolute atomic E-state index is 12.6. The maximum Gasteiger partial charge on any atom is 0.331 e. The van der Waals surface area contributed by atoms with E-state index in [9.17, 15) is 9.59 Å². The fourth-order valence-corrected chi connectivity index (χ4v) is 3.59. The molecule has 0 unspecified atom stereocenters. The summed E-state index contributed by atoms with van der Waals surface area (Å²) in [4.78, 5) is 24.9. The third kappa shape index (κ3) is 4.64. The Labute approximate surface area is 176 Å². The lowest BCUT2D eigenvalue weighted by molar-refractivity contribution is -0.140. The zero-order chi connectivity index (χ0) is 21.7. The second-order valence-electron chi connectivity index (χ2n) is 7.07. The summed E-state index contributed by atoms with van der Waals surface area (Å²) in [7, 11) is 4.56. The van der Waals surface area contributed by atoms with Crippen LogP contribution < -0.4 is 14.2 Å². The van der Waals surface area contributed by atoms with E-state index in [-0.39, 0.29) is 5.78 Å². The molecule has 0 amide bonds. The van der Waals surface area contributed by atoms with Gasteiger partial charge in [0.25, 0.3) is 0 Å². The van der Waals surface area contributed by atoms with Gasteiger partial charge in [0.1, 0.15) is 0 Å². The molecule has 2 aromatic rings. The van der Waals surface area contributed by atoms with E-state index >= 15 is 0 Å². The van der Waals surface area contributed by atoms with Crippen molar-refractivity contribution in [3.05, 3.63) is 58.7 Å². The number of esters is 1. The Bertz CT molecular complexity index is 951. The van der Waals surface area contributed by atoms with Crippen LogP contribution in [0.4, 0.5) is 0 Å². The van der Waals surface area contributed by atoms with E-state index in [1.807, 2.05) is 18.2 Å². The summed E-state index contributed by atoms with van der Waals surface area (Å²) < 4.78 is 21.2. The van der Waals surface area contributed by atoms with Gasteiger partial charge in [-0.3, -0.25) is 4.79 Å². The fraction of sp³-hybridized carbons (Fsp3) is 0.333. The smallest absolute Gasteiger partial charge is 0.331 e. The van der Waals surface area contributed by atoms with Crippen molar-refractivity contribution in [1.29, 1.82) is 0 Å². The lowest BCUT2D eigenvalue weighted by Gasteiger charge is -2.13. The van der Waals surface area contributed by atoms with Crippen LogP contribution in [0.2, 0.25) is 0 Å². The standard InChI is InChI=1S/C24H26O6/c1-15(23(26)19-10-9-17-6-5-7-18(17)14-19)30-22(25)11-8-16-12-20(27-2)24(29-4)21(13-16)28-3/h8-15H,5-7H2,1-4H3/b11-8+/t15-/m1/s1. The minimum atomic E-state index is -0.874. The number of hydrogen-bond donors (Lipinski definition) is 0. The summed E-state index contributed by atoms with van der Waals surface area (Å²) in [6, 6.07) is 9.15. The van der Waals surface area contributed by atoms with Gasteiger partial charge in [-0.25, -0.2) is 4.79 Å². The number of rotatable bonds is 8. The number of Topliss-reactive ketones (excluding diaryl/α,β-unsaturated/α-hetero) is 1. The second kappa shape index (κ2) is 9.48. The van der Waals surface area contributed by atoms with Gasteiger partial charge in [-0.15, -0.1) is 0 Å². The Kier molecular flexibility index (Phi) is 6.77. The number of methoxy groups -OCH3 is 3. The molecule has 0 saturated heterocycles. The fourth-order valence-electron chi connectivity index (χ4n) is 3.59. The second-order valence-corrected chi connectivity index (χ2v) is 7.07. The molecular weight excluding hydrogens is 384 g/mol. The first kappa shape index (κ1) is 21.4. The molecule has 6 nitrogen and oxygen atoms in total. The molecule has 0 spiro atoms. The van der Waals surface area contributed by atoms with Gasteiger partial charge in [-0.2, -0.15) is 0 Å². The lowest BCUT2D eigenvalue weighted by atomic mass is 10.0. The van der Waals surface area contributed by atoms with Crippen molar-refractivity contribution in [2.24, 2.45) is 0 Å². The number of carbonyl (C=O) groups excluding carboxylic acids is 2. The molecular formula is C24H26O6. The number of carbonyl (C=O) groups is 2. The summed E-state index contributed by atoms with van der Waals surface area (Å²) in [5.41, 5.74) is 3.75. The molecule has 0 heterocycles. The molecule has 1 aliphatic rings. The van der Waals surface area contributed by atoms with E-state index in [4.69, 9.17) is 18.9 Å².